The van der Waals surface area contributed by atoms with Crippen molar-refractivity contribution in [3.8, 4) is 11.1 Å². The Balaban J connectivity index is 1.48. The van der Waals surface area contributed by atoms with Crippen LogP contribution in [-0.4, -0.2) is 58.4 Å². The van der Waals surface area contributed by atoms with Crippen LogP contribution < -0.4 is 5.32 Å². The highest BCUT2D eigenvalue weighted by Crippen LogP contribution is 2.25. The second-order valence-corrected chi connectivity index (χ2v) is 7.36. The number of carbonyl (C=O) groups is 1. The number of amides is 1. The van der Waals surface area contributed by atoms with E-state index in [4.69, 9.17) is 0 Å². The number of hydrogen-bond acceptors (Lipinski definition) is 4. The van der Waals surface area contributed by atoms with Gasteiger partial charge >= 0.3 is 0 Å². The molecule has 0 saturated carbocycles. The van der Waals surface area contributed by atoms with Gasteiger partial charge in [0.2, 0.25) is 0 Å². The molecule has 27 heavy (non-hydrogen) atoms. The SMILES string of the molecule is Cc1n[nH]c(C)c1-c1ccc(C(=O)NCCCN2CCCCC2CO)cc1. The van der Waals surface area contributed by atoms with Crippen LogP contribution in [0.4, 0.5) is 0 Å². The van der Waals surface area contributed by atoms with Crippen molar-refractivity contribution in [3.05, 3.63) is 41.2 Å². The van der Waals surface area contributed by atoms with E-state index in [9.17, 15) is 9.90 Å². The molecule has 6 heteroatoms. The Kier molecular flexibility index (Phi) is 6.63. The summed E-state index contributed by atoms with van der Waals surface area (Å²) in [7, 11) is 0. The molecule has 1 atom stereocenters. The van der Waals surface area contributed by atoms with Crippen molar-refractivity contribution in [2.24, 2.45) is 0 Å². The predicted molar refractivity (Wildman–Crippen MR) is 107 cm³/mol. The van der Waals surface area contributed by atoms with Crippen molar-refractivity contribution >= 4 is 5.91 Å². The van der Waals surface area contributed by atoms with Crippen molar-refractivity contribution in [2.75, 3.05) is 26.2 Å². The molecule has 1 aromatic carbocycles. The number of carbonyl (C=O) groups excluding carboxylic acids is 1. The molecule has 146 valence electrons. The van der Waals surface area contributed by atoms with Gasteiger partial charge in [-0.1, -0.05) is 18.6 Å². The second-order valence-electron chi connectivity index (χ2n) is 7.36. The summed E-state index contributed by atoms with van der Waals surface area (Å²) in [6, 6.07) is 7.96. The molecule has 0 spiro atoms. The molecule has 0 radical (unpaired) electrons. The van der Waals surface area contributed by atoms with Gasteiger partial charge in [0.1, 0.15) is 0 Å². The molecule has 2 heterocycles. The first-order valence-electron chi connectivity index (χ1n) is 9.85. The lowest BCUT2D eigenvalue weighted by Gasteiger charge is -2.34. The molecule has 3 N–H and O–H groups in total. The quantitative estimate of drug-likeness (QED) is 0.655. The van der Waals surface area contributed by atoms with Crippen molar-refractivity contribution in [3.63, 3.8) is 0 Å². The summed E-state index contributed by atoms with van der Waals surface area (Å²) in [6.45, 7) is 6.82. The van der Waals surface area contributed by atoms with E-state index in [1.807, 2.05) is 38.1 Å². The first kappa shape index (κ1) is 19.6. The Labute approximate surface area is 161 Å². The summed E-state index contributed by atoms with van der Waals surface area (Å²) < 4.78 is 0. The van der Waals surface area contributed by atoms with Crippen LogP contribution >= 0.6 is 0 Å². The standard InChI is InChI=1S/C21H30N4O2/c1-15-20(16(2)24-23-15)17-7-9-18(10-8-17)21(27)22-11-5-13-25-12-4-3-6-19(25)14-26/h7-10,19,26H,3-6,11-14H2,1-2H3,(H,22,27)(H,23,24). The van der Waals surface area contributed by atoms with Crippen LogP contribution in [0.5, 0.6) is 0 Å². The van der Waals surface area contributed by atoms with Gasteiger partial charge in [0.15, 0.2) is 0 Å². The summed E-state index contributed by atoms with van der Waals surface area (Å²) in [6.07, 6.45) is 4.37. The molecule has 1 aliphatic rings. The van der Waals surface area contributed by atoms with Gasteiger partial charge in [-0.3, -0.25) is 14.8 Å². The number of aromatic nitrogens is 2. The fourth-order valence-electron chi connectivity index (χ4n) is 3.91. The van der Waals surface area contributed by atoms with E-state index in [-0.39, 0.29) is 18.6 Å². The van der Waals surface area contributed by atoms with Crippen LogP contribution in [0, 0.1) is 13.8 Å². The Hall–Kier alpha value is -2.18. The number of nitrogens with one attached hydrogen (secondary N) is 2. The molecule has 1 unspecified atom stereocenters. The average molecular weight is 370 g/mol. The maximum Gasteiger partial charge on any atom is 0.251 e. The van der Waals surface area contributed by atoms with Crippen LogP contribution in [0.25, 0.3) is 11.1 Å². The highest BCUT2D eigenvalue weighted by atomic mass is 16.3. The molecule has 3 rings (SSSR count). The van der Waals surface area contributed by atoms with E-state index in [1.54, 1.807) is 0 Å². The number of benzene rings is 1. The molecule has 6 nitrogen and oxygen atoms in total. The smallest absolute Gasteiger partial charge is 0.251 e. The van der Waals surface area contributed by atoms with Gasteiger partial charge in [0.05, 0.1) is 12.3 Å². The highest BCUT2D eigenvalue weighted by molar-refractivity contribution is 5.94. The summed E-state index contributed by atoms with van der Waals surface area (Å²) in [4.78, 5) is 14.7. The minimum absolute atomic E-state index is 0.0421. The van der Waals surface area contributed by atoms with Crippen molar-refractivity contribution in [2.45, 2.75) is 45.6 Å². The van der Waals surface area contributed by atoms with Crippen LogP contribution in [0.15, 0.2) is 24.3 Å². The lowest BCUT2D eigenvalue weighted by molar-refractivity contribution is 0.0868. The molecule has 1 fully saturated rings. The average Bonchev–Trinajstić information content (AvgIpc) is 3.03. The summed E-state index contributed by atoms with van der Waals surface area (Å²) in [5, 5.41) is 19.7. The van der Waals surface area contributed by atoms with E-state index < -0.39 is 0 Å². The number of hydrogen-bond donors (Lipinski definition) is 3. The zero-order valence-electron chi connectivity index (χ0n) is 16.3. The first-order chi connectivity index (χ1) is 13.1. The number of aryl methyl sites for hydroxylation is 2. The van der Waals surface area contributed by atoms with Crippen molar-refractivity contribution in [1.29, 1.82) is 0 Å². The Morgan fingerprint density at radius 1 is 1.30 bits per heavy atom. The molecule has 1 aromatic heterocycles. The van der Waals surface area contributed by atoms with Crippen molar-refractivity contribution < 1.29 is 9.90 Å². The Morgan fingerprint density at radius 3 is 2.74 bits per heavy atom. The molecule has 1 aliphatic heterocycles. The molecule has 2 aromatic rings. The van der Waals surface area contributed by atoms with Gasteiger partial charge in [-0.2, -0.15) is 5.10 Å². The largest absolute Gasteiger partial charge is 0.395 e. The molecule has 1 saturated heterocycles. The van der Waals surface area contributed by atoms with E-state index in [0.717, 1.165) is 48.4 Å². The van der Waals surface area contributed by atoms with Gasteiger partial charge in [-0.05, 0) is 57.4 Å². The zero-order valence-corrected chi connectivity index (χ0v) is 16.3. The van der Waals surface area contributed by atoms with E-state index >= 15 is 0 Å². The minimum Gasteiger partial charge on any atom is -0.395 e. The molecule has 0 bridgehead atoms. The minimum atomic E-state index is -0.0421. The normalized spacial score (nSPS) is 17.8. The Morgan fingerprint density at radius 2 is 2.07 bits per heavy atom. The number of aromatic amines is 1. The third-order valence-electron chi connectivity index (χ3n) is 5.43. The fraction of sp³-hybridized carbons (Fsp3) is 0.524. The monoisotopic (exact) mass is 370 g/mol. The van der Waals surface area contributed by atoms with Gasteiger partial charge in [-0.15, -0.1) is 0 Å². The molecular weight excluding hydrogens is 340 g/mol. The number of nitrogens with zero attached hydrogens (tertiary/aromatic N) is 2. The maximum atomic E-state index is 12.4. The second kappa shape index (κ2) is 9.15. The van der Waals surface area contributed by atoms with Gasteiger partial charge in [-0.25, -0.2) is 0 Å². The molecule has 0 aliphatic carbocycles. The molecule has 1 amide bonds. The third-order valence-corrected chi connectivity index (χ3v) is 5.43. The lowest BCUT2D eigenvalue weighted by Crippen LogP contribution is -2.43. The topological polar surface area (TPSA) is 81.2 Å². The van der Waals surface area contributed by atoms with Gasteiger partial charge < -0.3 is 10.4 Å². The molecular formula is C21H30N4O2. The number of piperidine rings is 1. The van der Waals surface area contributed by atoms with Crippen molar-refractivity contribution in [1.82, 2.24) is 20.4 Å². The number of aliphatic hydroxyl groups is 1. The van der Waals surface area contributed by atoms with E-state index in [2.05, 4.69) is 20.4 Å². The Bertz CT molecular complexity index is 735. The lowest BCUT2D eigenvalue weighted by atomic mass is 10.0. The summed E-state index contributed by atoms with van der Waals surface area (Å²) in [5.74, 6) is -0.0421. The maximum absolute atomic E-state index is 12.4. The van der Waals surface area contributed by atoms with Crippen LogP contribution in [-0.2, 0) is 0 Å². The summed E-state index contributed by atoms with van der Waals surface area (Å²) >= 11 is 0. The van der Waals surface area contributed by atoms with Gasteiger partial charge in [0.25, 0.3) is 5.91 Å². The third kappa shape index (κ3) is 4.76. The fourth-order valence-corrected chi connectivity index (χ4v) is 3.91. The number of H-pyrrole nitrogens is 1. The highest BCUT2D eigenvalue weighted by Gasteiger charge is 2.20. The van der Waals surface area contributed by atoms with Crippen LogP contribution in [0.2, 0.25) is 0 Å². The number of rotatable bonds is 7. The number of aliphatic hydroxyl groups excluding tert-OH is 1. The van der Waals surface area contributed by atoms with Gasteiger partial charge in [0, 0.05) is 36.0 Å². The number of likely N-dealkylation sites (tertiary alicyclic amines) is 1. The first-order valence-corrected chi connectivity index (χ1v) is 9.85. The van der Waals surface area contributed by atoms with Crippen LogP contribution in [0.3, 0.4) is 0 Å². The zero-order chi connectivity index (χ0) is 19.2. The summed E-state index contributed by atoms with van der Waals surface area (Å²) in [5.41, 5.74) is 4.83. The van der Waals surface area contributed by atoms with Crippen LogP contribution in [0.1, 0.15) is 47.4 Å². The van der Waals surface area contributed by atoms with E-state index in [1.165, 1.54) is 12.8 Å². The van der Waals surface area contributed by atoms with E-state index in [0.29, 0.717) is 12.1 Å². The predicted octanol–water partition coefficient (Wildman–Crippen LogP) is 2.66.